The third-order valence-electron chi connectivity index (χ3n) is 5.10. The number of carboxylic acids is 1. The Balaban J connectivity index is 1.79. The smallest absolute Gasteiger partial charge is 0.408 e. The van der Waals surface area contributed by atoms with Crippen LogP contribution < -0.4 is 10.6 Å². The molecule has 2 aliphatic heterocycles. The Labute approximate surface area is 223 Å². The molecular weight excluding hydrogens is 572 g/mol. The Kier molecular flexibility index (Phi) is 8.26. The van der Waals surface area contributed by atoms with Crippen molar-refractivity contribution in [3.8, 4) is 0 Å². The van der Waals surface area contributed by atoms with Crippen molar-refractivity contribution >= 4 is 99.0 Å². The summed E-state index contributed by atoms with van der Waals surface area (Å²) in [6.45, 7) is 2.87. The zero-order valence-electron chi connectivity index (χ0n) is 17.6. The summed E-state index contributed by atoms with van der Waals surface area (Å²) in [5.41, 5.74) is 1.38. The van der Waals surface area contributed by atoms with E-state index in [-0.39, 0.29) is 5.57 Å². The van der Waals surface area contributed by atoms with E-state index in [0.717, 1.165) is 5.54 Å². The maximum atomic E-state index is 13.2. The van der Waals surface area contributed by atoms with Crippen LogP contribution in [0.5, 0.6) is 0 Å². The summed E-state index contributed by atoms with van der Waals surface area (Å²) < 4.78 is 2.25. The molecule has 0 saturated carbocycles. The monoisotopic (exact) mass is 589 g/mol. The van der Waals surface area contributed by atoms with Crippen molar-refractivity contribution in [2.75, 3.05) is 6.61 Å². The maximum Gasteiger partial charge on any atom is 0.408 e. The van der Waals surface area contributed by atoms with Gasteiger partial charge in [-0.1, -0.05) is 52.5 Å². The molecule has 3 rings (SSSR count). The van der Waals surface area contributed by atoms with Gasteiger partial charge in [-0.15, -0.1) is 23.1 Å². The first-order valence-corrected chi connectivity index (χ1v) is 13.0. The molecule has 3 amide bonds. The Morgan fingerprint density at radius 1 is 1.35 bits per heavy atom. The largest absolute Gasteiger partial charge is 0.480 e. The highest BCUT2D eigenvalue weighted by Crippen LogP contribution is 2.50. The number of fused-ring (bicyclic) bond motifs is 1. The first-order valence-electron chi connectivity index (χ1n) is 9.64. The van der Waals surface area contributed by atoms with Crippen LogP contribution in [-0.4, -0.2) is 72.5 Å². The summed E-state index contributed by atoms with van der Waals surface area (Å²) in [4.78, 5) is 51.8. The van der Waals surface area contributed by atoms with Crippen molar-refractivity contribution in [1.82, 2.24) is 15.5 Å². The van der Waals surface area contributed by atoms with Gasteiger partial charge in [0.2, 0.25) is 15.6 Å². The number of nitrogens with one attached hydrogen (secondary N) is 2. The van der Waals surface area contributed by atoms with Crippen LogP contribution >= 0.6 is 69.5 Å². The number of thioether (sulfide) groups is 1. The van der Waals surface area contributed by atoms with Gasteiger partial charge in [0.1, 0.15) is 30.1 Å². The van der Waals surface area contributed by atoms with Crippen LogP contribution in [0.3, 0.4) is 0 Å². The average Bonchev–Trinajstić information content (AvgIpc) is 3.34. The molecule has 0 bridgehead atoms. The fraction of sp³-hybridized carbons (Fsp3) is 0.474. The number of alkyl halides is 3. The van der Waals surface area contributed by atoms with E-state index >= 15 is 0 Å². The van der Waals surface area contributed by atoms with E-state index in [2.05, 4.69) is 10.6 Å². The van der Waals surface area contributed by atoms with Gasteiger partial charge in [0.05, 0.1) is 0 Å². The number of β-lactam (4-membered cyclic amide) rings is 1. The Morgan fingerprint density at radius 2 is 2.03 bits per heavy atom. The molecule has 0 aromatic carbocycles. The van der Waals surface area contributed by atoms with E-state index in [1.54, 1.807) is 31.4 Å². The number of halogens is 4. The van der Waals surface area contributed by atoms with Crippen molar-refractivity contribution in [3.05, 3.63) is 27.9 Å². The molecule has 3 N–H and O–H groups in total. The van der Waals surface area contributed by atoms with Gasteiger partial charge in [-0.05, 0) is 25.3 Å². The fourth-order valence-electron chi connectivity index (χ4n) is 3.68. The lowest BCUT2D eigenvalue weighted by Crippen LogP contribution is -2.71. The molecule has 0 radical (unpaired) electrons. The van der Waals surface area contributed by atoms with Crippen molar-refractivity contribution in [1.29, 1.82) is 0 Å². The predicted molar refractivity (Wildman–Crippen MR) is 132 cm³/mol. The minimum atomic E-state index is -1.86. The van der Waals surface area contributed by atoms with Crippen LogP contribution in [0.2, 0.25) is 0 Å². The van der Waals surface area contributed by atoms with Crippen molar-refractivity contribution in [2.24, 2.45) is 0 Å². The Morgan fingerprint density at radius 3 is 2.56 bits per heavy atom. The van der Waals surface area contributed by atoms with Crippen molar-refractivity contribution < 1.29 is 29.0 Å². The molecule has 1 aromatic heterocycles. The van der Waals surface area contributed by atoms with Crippen molar-refractivity contribution in [3.63, 3.8) is 0 Å². The summed E-state index contributed by atoms with van der Waals surface area (Å²) in [5.74, 6) is -2.41. The number of hydrogen-bond acceptors (Lipinski definition) is 7. The number of hydrogen-bond donors (Lipinski definition) is 3. The molecule has 186 valence electrons. The minimum absolute atomic E-state index is 0.242. The summed E-state index contributed by atoms with van der Waals surface area (Å²) in [7, 11) is 0. The molecule has 1 aromatic rings. The number of thiophene rings is 1. The lowest BCUT2D eigenvalue weighted by molar-refractivity contribution is -0.161. The summed E-state index contributed by atoms with van der Waals surface area (Å²) in [6, 6.07) is 0.0559. The maximum absolute atomic E-state index is 13.2. The highest BCUT2D eigenvalue weighted by atomic mass is 35.6. The number of amides is 3. The molecule has 34 heavy (non-hydrogen) atoms. The van der Waals surface area contributed by atoms with Crippen LogP contribution in [0.25, 0.3) is 5.57 Å². The van der Waals surface area contributed by atoms with Gasteiger partial charge in [-0.25, -0.2) is 9.59 Å². The number of rotatable bonds is 7. The van der Waals surface area contributed by atoms with Crippen LogP contribution in [0.1, 0.15) is 18.7 Å². The average molecular weight is 591 g/mol. The zero-order valence-corrected chi connectivity index (χ0v) is 22.2. The van der Waals surface area contributed by atoms with E-state index in [1.807, 2.05) is 0 Å². The van der Waals surface area contributed by atoms with E-state index < -0.39 is 62.5 Å². The Hall–Kier alpha value is -1.37. The first-order chi connectivity index (χ1) is 15.8. The Bertz CT molecular complexity index is 1010. The van der Waals surface area contributed by atoms with Crippen LogP contribution in [-0.2, 0) is 19.1 Å². The van der Waals surface area contributed by atoms with Gasteiger partial charge < -0.3 is 25.4 Å². The molecule has 9 nitrogen and oxygen atoms in total. The van der Waals surface area contributed by atoms with Gasteiger partial charge in [0.25, 0.3) is 0 Å². The second-order valence-corrected chi connectivity index (χ2v) is 13.3. The molecule has 15 heteroatoms. The number of aliphatic carboxylic acids is 1. The quantitative estimate of drug-likeness (QED) is 0.328. The SMILES string of the molecule is CC1(C)S[C@@H]2[C@@H](NC(=O)C(NC(=O)OCC(Cl)(Cl)Cl)/C(=C/Cl)c3cccs3)C(=O)N2[C@H]1C(=O)O. The highest BCUT2D eigenvalue weighted by molar-refractivity contribution is 8.01. The van der Waals surface area contributed by atoms with Crippen molar-refractivity contribution in [2.45, 2.75) is 45.9 Å². The molecular formula is C19H19Cl4N3O6S2. The number of nitrogens with zero attached hydrogens (tertiary/aromatic N) is 1. The second-order valence-electron chi connectivity index (χ2n) is 7.89. The van der Waals surface area contributed by atoms with E-state index in [4.69, 9.17) is 51.1 Å². The molecule has 4 atom stereocenters. The summed E-state index contributed by atoms with van der Waals surface area (Å²) in [6.07, 6.45) is -1.05. The number of alkyl carbamates (subject to hydrolysis) is 1. The normalized spacial score (nSPS) is 24.6. The molecule has 3 heterocycles. The molecule has 0 aliphatic carbocycles. The van der Waals surface area contributed by atoms with E-state index in [9.17, 15) is 24.3 Å². The minimum Gasteiger partial charge on any atom is -0.480 e. The fourth-order valence-corrected chi connectivity index (χ4v) is 6.55. The molecule has 1 unspecified atom stereocenters. The predicted octanol–water partition coefficient (Wildman–Crippen LogP) is 3.42. The highest BCUT2D eigenvalue weighted by Gasteiger charge is 2.64. The third-order valence-corrected chi connectivity index (χ3v) is 8.15. The second kappa shape index (κ2) is 10.3. The molecule has 2 aliphatic rings. The van der Waals surface area contributed by atoms with Gasteiger partial charge in [0.15, 0.2) is 0 Å². The van der Waals surface area contributed by atoms with E-state index in [1.165, 1.54) is 28.0 Å². The lowest BCUT2D eigenvalue weighted by Gasteiger charge is -2.44. The zero-order chi connectivity index (χ0) is 25.4. The summed E-state index contributed by atoms with van der Waals surface area (Å²) in [5, 5.41) is 15.7. The van der Waals surface area contributed by atoms with Gasteiger partial charge in [-0.2, -0.15) is 0 Å². The first kappa shape index (κ1) is 27.2. The number of ether oxygens (including phenoxy) is 1. The van der Waals surface area contributed by atoms with Crippen LogP contribution in [0, 0.1) is 0 Å². The number of carbonyl (C=O) groups excluding carboxylic acids is 3. The molecule has 0 spiro atoms. The molecule has 2 fully saturated rings. The van der Waals surface area contributed by atoms with Gasteiger partial charge in [0, 0.05) is 20.7 Å². The lowest BCUT2D eigenvalue weighted by atomic mass is 9.95. The van der Waals surface area contributed by atoms with E-state index in [0.29, 0.717) is 4.88 Å². The number of carbonyl (C=O) groups is 4. The standard InChI is InChI=1S/C19H19Cl4N3O6S2/c1-18(2)12(16(29)30)26-14(28)11(15(26)34-18)24-13(27)10(8(6-20)9-4-3-5-33-9)25-17(31)32-7-19(21,22)23/h3-6,10-12,15H,7H2,1-2H3,(H,24,27)(H,25,31)(H,29,30)/b8-6+/t10?,11-,12-,15+/m0/s1. The summed E-state index contributed by atoms with van der Waals surface area (Å²) >= 11 is 25.3. The van der Waals surface area contributed by atoms with Crippen LogP contribution in [0.4, 0.5) is 4.79 Å². The molecule has 2 saturated heterocycles. The number of carboxylic acid groups (broad SMARTS) is 1. The van der Waals surface area contributed by atoms with Crippen LogP contribution in [0.15, 0.2) is 23.0 Å². The topological polar surface area (TPSA) is 125 Å². The van der Waals surface area contributed by atoms with Gasteiger partial charge >= 0.3 is 12.1 Å². The van der Waals surface area contributed by atoms with Gasteiger partial charge in [-0.3, -0.25) is 9.59 Å². The third kappa shape index (κ3) is 5.71.